The van der Waals surface area contributed by atoms with Crippen LogP contribution in [0.2, 0.25) is 0 Å². The van der Waals surface area contributed by atoms with Crippen LogP contribution in [0.15, 0.2) is 24.5 Å². The first-order valence-electron chi connectivity index (χ1n) is 6.25. The fraction of sp³-hybridized carbons (Fsp3) is 0.538. The van der Waals surface area contributed by atoms with Crippen LogP contribution in [-0.4, -0.2) is 48.2 Å². The van der Waals surface area contributed by atoms with Gasteiger partial charge in [-0.05, 0) is 38.9 Å². The van der Waals surface area contributed by atoms with Crippen LogP contribution in [0, 0.1) is 0 Å². The summed E-state index contributed by atoms with van der Waals surface area (Å²) in [5.74, 6) is -0.0137. The van der Waals surface area contributed by atoms with Gasteiger partial charge in [-0.3, -0.25) is 9.89 Å². The average Bonchev–Trinajstić information content (AvgIpc) is 2.81. The first kappa shape index (κ1) is 14.4. The third kappa shape index (κ3) is 6.85. The van der Waals surface area contributed by atoms with E-state index in [1.54, 1.807) is 6.08 Å². The van der Waals surface area contributed by atoms with Gasteiger partial charge in [0.1, 0.15) is 0 Å². The molecular formula is C13H22N4O. The largest absolute Gasteiger partial charge is 0.353 e. The Morgan fingerprint density at radius 1 is 1.50 bits per heavy atom. The average molecular weight is 250 g/mol. The van der Waals surface area contributed by atoms with E-state index < -0.39 is 0 Å². The number of amides is 1. The fourth-order valence-corrected chi connectivity index (χ4v) is 1.51. The zero-order valence-electron chi connectivity index (χ0n) is 11.1. The highest BCUT2D eigenvalue weighted by molar-refractivity contribution is 5.87. The van der Waals surface area contributed by atoms with Crippen LogP contribution in [0.5, 0.6) is 0 Å². The molecule has 0 aliphatic rings. The number of aryl methyl sites for hydroxylation is 1. The number of nitrogens with one attached hydrogen (secondary N) is 2. The SMILES string of the molecule is CN(C)C/C=C/C(=O)NCCCCc1cn[nH]c1. The Kier molecular flexibility index (Phi) is 6.79. The molecule has 0 bridgehead atoms. The highest BCUT2D eigenvalue weighted by atomic mass is 16.1. The number of aromatic amines is 1. The molecule has 0 fully saturated rings. The minimum Gasteiger partial charge on any atom is -0.353 e. The Morgan fingerprint density at radius 3 is 3.00 bits per heavy atom. The summed E-state index contributed by atoms with van der Waals surface area (Å²) in [4.78, 5) is 13.4. The Labute approximate surface area is 108 Å². The van der Waals surface area contributed by atoms with Gasteiger partial charge < -0.3 is 10.2 Å². The maximum Gasteiger partial charge on any atom is 0.243 e. The quantitative estimate of drug-likeness (QED) is 0.534. The van der Waals surface area contributed by atoms with Crippen LogP contribution in [0.25, 0.3) is 0 Å². The van der Waals surface area contributed by atoms with Crippen molar-refractivity contribution in [1.29, 1.82) is 0 Å². The van der Waals surface area contributed by atoms with E-state index >= 15 is 0 Å². The summed E-state index contributed by atoms with van der Waals surface area (Å²) >= 11 is 0. The first-order chi connectivity index (χ1) is 8.68. The van der Waals surface area contributed by atoms with E-state index in [9.17, 15) is 4.79 Å². The van der Waals surface area contributed by atoms with Crippen LogP contribution in [0.3, 0.4) is 0 Å². The van der Waals surface area contributed by atoms with E-state index in [1.807, 2.05) is 37.5 Å². The van der Waals surface area contributed by atoms with E-state index in [1.165, 1.54) is 5.56 Å². The molecule has 1 amide bonds. The van der Waals surface area contributed by atoms with E-state index in [4.69, 9.17) is 0 Å². The lowest BCUT2D eigenvalue weighted by molar-refractivity contribution is -0.116. The minimum atomic E-state index is -0.0137. The number of hydrogen-bond acceptors (Lipinski definition) is 3. The molecule has 1 aromatic rings. The van der Waals surface area contributed by atoms with Gasteiger partial charge in [0.15, 0.2) is 0 Å². The number of H-pyrrole nitrogens is 1. The molecule has 1 heterocycles. The second kappa shape index (κ2) is 8.47. The number of hydrogen-bond donors (Lipinski definition) is 2. The van der Waals surface area contributed by atoms with Gasteiger partial charge in [-0.15, -0.1) is 0 Å². The normalized spacial score (nSPS) is 11.3. The molecule has 0 aliphatic carbocycles. The zero-order valence-corrected chi connectivity index (χ0v) is 11.1. The van der Waals surface area contributed by atoms with E-state index in [-0.39, 0.29) is 5.91 Å². The molecule has 100 valence electrons. The standard InChI is InChI=1S/C13H22N4O/c1-17(2)9-5-7-13(18)14-8-4-3-6-12-10-15-16-11-12/h5,7,10-11H,3-4,6,8-9H2,1-2H3,(H,14,18)(H,15,16)/b7-5+. The second-order valence-corrected chi connectivity index (χ2v) is 4.52. The minimum absolute atomic E-state index is 0.0137. The number of rotatable bonds is 8. The maximum atomic E-state index is 11.4. The highest BCUT2D eigenvalue weighted by Crippen LogP contribution is 2.00. The lowest BCUT2D eigenvalue weighted by Gasteiger charge is -2.04. The second-order valence-electron chi connectivity index (χ2n) is 4.52. The van der Waals surface area contributed by atoms with Gasteiger partial charge in [-0.25, -0.2) is 0 Å². The van der Waals surface area contributed by atoms with Crippen molar-refractivity contribution in [1.82, 2.24) is 20.4 Å². The van der Waals surface area contributed by atoms with Gasteiger partial charge in [0.2, 0.25) is 5.91 Å². The van der Waals surface area contributed by atoms with Crippen LogP contribution in [0.1, 0.15) is 18.4 Å². The summed E-state index contributed by atoms with van der Waals surface area (Å²) in [5, 5.41) is 9.55. The van der Waals surface area contributed by atoms with Gasteiger partial charge in [0.05, 0.1) is 6.20 Å². The number of likely N-dealkylation sites (N-methyl/N-ethyl adjacent to an activating group) is 1. The zero-order chi connectivity index (χ0) is 13.2. The molecule has 5 heteroatoms. The van der Waals surface area contributed by atoms with Crippen molar-refractivity contribution in [3.05, 3.63) is 30.1 Å². The summed E-state index contributed by atoms with van der Waals surface area (Å²) in [6.45, 7) is 1.51. The van der Waals surface area contributed by atoms with Crippen molar-refractivity contribution < 1.29 is 4.79 Å². The van der Waals surface area contributed by atoms with Gasteiger partial charge in [0, 0.05) is 25.4 Å². The van der Waals surface area contributed by atoms with Crippen molar-refractivity contribution in [3.8, 4) is 0 Å². The molecule has 0 saturated heterocycles. The Bertz CT molecular complexity index is 357. The molecule has 0 atom stereocenters. The van der Waals surface area contributed by atoms with E-state index in [0.717, 1.165) is 32.4 Å². The molecule has 2 N–H and O–H groups in total. The molecule has 0 aromatic carbocycles. The number of carbonyl (C=O) groups excluding carboxylic acids is 1. The molecule has 18 heavy (non-hydrogen) atoms. The van der Waals surface area contributed by atoms with Crippen molar-refractivity contribution in [2.45, 2.75) is 19.3 Å². The Morgan fingerprint density at radius 2 is 2.33 bits per heavy atom. The van der Waals surface area contributed by atoms with E-state index in [2.05, 4.69) is 15.5 Å². The molecule has 1 rings (SSSR count). The number of carbonyl (C=O) groups is 1. The molecule has 0 unspecified atom stereocenters. The molecule has 0 aliphatic heterocycles. The fourth-order valence-electron chi connectivity index (χ4n) is 1.51. The molecular weight excluding hydrogens is 228 g/mol. The van der Waals surface area contributed by atoms with Crippen molar-refractivity contribution >= 4 is 5.91 Å². The predicted molar refractivity (Wildman–Crippen MR) is 72.2 cm³/mol. The molecule has 0 spiro atoms. The van der Waals surface area contributed by atoms with Crippen molar-refractivity contribution in [2.24, 2.45) is 0 Å². The number of nitrogens with zero attached hydrogens (tertiary/aromatic N) is 2. The lowest BCUT2D eigenvalue weighted by Crippen LogP contribution is -2.22. The number of unbranched alkanes of at least 4 members (excludes halogenated alkanes) is 1. The van der Waals surface area contributed by atoms with Crippen LogP contribution < -0.4 is 5.32 Å². The summed E-state index contributed by atoms with van der Waals surface area (Å²) < 4.78 is 0. The number of aromatic nitrogens is 2. The molecule has 0 radical (unpaired) electrons. The maximum absolute atomic E-state index is 11.4. The molecule has 0 saturated carbocycles. The summed E-state index contributed by atoms with van der Waals surface area (Å²) in [6.07, 6.45) is 10.2. The van der Waals surface area contributed by atoms with E-state index in [0.29, 0.717) is 0 Å². The van der Waals surface area contributed by atoms with Crippen molar-refractivity contribution in [3.63, 3.8) is 0 Å². The third-order valence-corrected chi connectivity index (χ3v) is 2.49. The Hall–Kier alpha value is -1.62. The van der Waals surface area contributed by atoms with Crippen molar-refractivity contribution in [2.75, 3.05) is 27.2 Å². The van der Waals surface area contributed by atoms with Gasteiger partial charge in [0.25, 0.3) is 0 Å². The highest BCUT2D eigenvalue weighted by Gasteiger charge is 1.96. The van der Waals surface area contributed by atoms with Gasteiger partial charge in [-0.1, -0.05) is 6.08 Å². The van der Waals surface area contributed by atoms with Gasteiger partial charge in [-0.2, -0.15) is 5.10 Å². The van der Waals surface area contributed by atoms with Crippen LogP contribution in [0.4, 0.5) is 0 Å². The molecule has 1 aromatic heterocycles. The first-order valence-corrected chi connectivity index (χ1v) is 6.25. The summed E-state index contributed by atoms with van der Waals surface area (Å²) in [6, 6.07) is 0. The van der Waals surface area contributed by atoms with Crippen LogP contribution in [-0.2, 0) is 11.2 Å². The van der Waals surface area contributed by atoms with Gasteiger partial charge >= 0.3 is 0 Å². The monoisotopic (exact) mass is 250 g/mol. The molecule has 5 nitrogen and oxygen atoms in total. The summed E-state index contributed by atoms with van der Waals surface area (Å²) in [7, 11) is 3.94. The summed E-state index contributed by atoms with van der Waals surface area (Å²) in [5.41, 5.74) is 1.22. The lowest BCUT2D eigenvalue weighted by atomic mass is 10.1. The predicted octanol–water partition coefficient (Wildman–Crippen LogP) is 0.966. The Balaban J connectivity index is 2.00. The topological polar surface area (TPSA) is 61.0 Å². The third-order valence-electron chi connectivity index (χ3n) is 2.49. The van der Waals surface area contributed by atoms with Crippen LogP contribution >= 0.6 is 0 Å². The smallest absolute Gasteiger partial charge is 0.243 e.